The fourth-order valence-corrected chi connectivity index (χ4v) is 3.93. The fourth-order valence-electron chi connectivity index (χ4n) is 3.93. The van der Waals surface area contributed by atoms with Gasteiger partial charge in [0, 0.05) is 37.9 Å². The average Bonchev–Trinajstić information content (AvgIpc) is 2.79. The van der Waals surface area contributed by atoms with Gasteiger partial charge in [-0.05, 0) is 31.0 Å². The molecule has 1 N–H and O–H groups in total. The van der Waals surface area contributed by atoms with Crippen molar-refractivity contribution in [1.82, 2.24) is 10.2 Å². The van der Waals surface area contributed by atoms with E-state index in [2.05, 4.69) is 46.3 Å². The van der Waals surface area contributed by atoms with E-state index in [4.69, 9.17) is 4.74 Å². The van der Waals surface area contributed by atoms with Crippen LogP contribution in [-0.4, -0.2) is 50.1 Å². The summed E-state index contributed by atoms with van der Waals surface area (Å²) in [5.74, 6) is 0.989. The van der Waals surface area contributed by atoms with Crippen LogP contribution in [0.25, 0.3) is 0 Å². The summed E-state index contributed by atoms with van der Waals surface area (Å²) in [7, 11) is 1.69. The van der Waals surface area contributed by atoms with E-state index in [1.54, 1.807) is 7.11 Å². The van der Waals surface area contributed by atoms with Gasteiger partial charge >= 0.3 is 0 Å². The molecule has 5 heteroatoms. The number of nitrogens with one attached hydrogen (secondary N) is 1. The van der Waals surface area contributed by atoms with Gasteiger partial charge in [0.05, 0.1) is 19.2 Å². The van der Waals surface area contributed by atoms with E-state index in [1.165, 1.54) is 11.3 Å². The Balaban J connectivity index is 1.56. The SMILES string of the molecule is CCC[C@H](NC(=O)[C@@H](C)N1CCN(c2cccc(OC)c2)CC1)c1ccccc1. The van der Waals surface area contributed by atoms with Gasteiger partial charge in [-0.3, -0.25) is 9.69 Å². The van der Waals surface area contributed by atoms with Gasteiger partial charge in [-0.15, -0.1) is 0 Å². The summed E-state index contributed by atoms with van der Waals surface area (Å²) in [6, 6.07) is 18.4. The summed E-state index contributed by atoms with van der Waals surface area (Å²) in [5.41, 5.74) is 2.35. The fraction of sp³-hybridized carbons (Fsp3) is 0.458. The number of rotatable bonds is 8. The van der Waals surface area contributed by atoms with Crippen LogP contribution >= 0.6 is 0 Å². The van der Waals surface area contributed by atoms with Gasteiger partial charge in [-0.1, -0.05) is 49.7 Å². The normalized spacial score (nSPS) is 16.9. The van der Waals surface area contributed by atoms with Gasteiger partial charge in [0.25, 0.3) is 0 Å². The van der Waals surface area contributed by atoms with Crippen molar-refractivity contribution in [3.63, 3.8) is 0 Å². The van der Waals surface area contributed by atoms with E-state index >= 15 is 0 Å². The maximum absolute atomic E-state index is 13.0. The first-order chi connectivity index (χ1) is 14.1. The molecule has 3 rings (SSSR count). The highest BCUT2D eigenvalue weighted by molar-refractivity contribution is 5.81. The van der Waals surface area contributed by atoms with Crippen LogP contribution in [-0.2, 0) is 4.79 Å². The highest BCUT2D eigenvalue weighted by Gasteiger charge is 2.27. The lowest BCUT2D eigenvalue weighted by Gasteiger charge is -2.39. The van der Waals surface area contributed by atoms with Crippen LogP contribution in [0.15, 0.2) is 54.6 Å². The molecule has 0 aromatic heterocycles. The van der Waals surface area contributed by atoms with Crippen LogP contribution in [0.5, 0.6) is 5.75 Å². The second kappa shape index (κ2) is 10.3. The van der Waals surface area contributed by atoms with Gasteiger partial charge < -0.3 is 15.0 Å². The van der Waals surface area contributed by atoms with E-state index in [0.717, 1.165) is 44.8 Å². The number of methoxy groups -OCH3 is 1. The molecule has 1 fully saturated rings. The zero-order valence-corrected chi connectivity index (χ0v) is 17.8. The van der Waals surface area contributed by atoms with Crippen molar-refractivity contribution >= 4 is 11.6 Å². The molecule has 1 heterocycles. The molecule has 1 aliphatic heterocycles. The van der Waals surface area contributed by atoms with E-state index in [-0.39, 0.29) is 18.0 Å². The Morgan fingerprint density at radius 3 is 2.45 bits per heavy atom. The summed E-state index contributed by atoms with van der Waals surface area (Å²) in [6.45, 7) is 7.72. The molecule has 0 saturated carbocycles. The third-order valence-electron chi connectivity index (χ3n) is 5.76. The first-order valence-corrected chi connectivity index (χ1v) is 10.6. The minimum absolute atomic E-state index is 0.0780. The van der Waals surface area contributed by atoms with Crippen molar-refractivity contribution in [3.8, 4) is 5.75 Å². The Morgan fingerprint density at radius 2 is 1.79 bits per heavy atom. The Morgan fingerprint density at radius 1 is 1.07 bits per heavy atom. The molecule has 2 aromatic carbocycles. The molecular weight excluding hydrogens is 362 g/mol. The lowest BCUT2D eigenvalue weighted by molar-refractivity contribution is -0.126. The van der Waals surface area contributed by atoms with Crippen molar-refractivity contribution in [2.75, 3.05) is 38.2 Å². The summed E-state index contributed by atoms with van der Waals surface area (Å²) in [4.78, 5) is 17.6. The second-order valence-electron chi connectivity index (χ2n) is 7.66. The number of anilines is 1. The van der Waals surface area contributed by atoms with Crippen molar-refractivity contribution < 1.29 is 9.53 Å². The van der Waals surface area contributed by atoms with Crippen LogP contribution in [0.1, 0.15) is 38.3 Å². The highest BCUT2D eigenvalue weighted by atomic mass is 16.5. The molecule has 0 aliphatic carbocycles. The topological polar surface area (TPSA) is 44.8 Å². The molecule has 0 radical (unpaired) electrons. The highest BCUT2D eigenvalue weighted by Crippen LogP contribution is 2.23. The monoisotopic (exact) mass is 395 g/mol. The molecule has 5 nitrogen and oxygen atoms in total. The number of piperazine rings is 1. The predicted molar refractivity (Wildman–Crippen MR) is 118 cm³/mol. The zero-order chi connectivity index (χ0) is 20.6. The average molecular weight is 396 g/mol. The number of nitrogens with zero attached hydrogens (tertiary/aromatic N) is 2. The number of amides is 1. The second-order valence-corrected chi connectivity index (χ2v) is 7.66. The van der Waals surface area contributed by atoms with Crippen LogP contribution in [0.4, 0.5) is 5.69 Å². The maximum atomic E-state index is 13.0. The van der Waals surface area contributed by atoms with Gasteiger partial charge in [-0.25, -0.2) is 0 Å². The smallest absolute Gasteiger partial charge is 0.237 e. The predicted octanol–water partition coefficient (Wildman–Crippen LogP) is 3.86. The third kappa shape index (κ3) is 5.51. The number of hydrogen-bond donors (Lipinski definition) is 1. The van der Waals surface area contributed by atoms with Crippen LogP contribution in [0, 0.1) is 0 Å². The van der Waals surface area contributed by atoms with E-state index in [1.807, 2.05) is 37.3 Å². The first kappa shape index (κ1) is 21.2. The molecule has 1 aliphatic rings. The number of carbonyl (C=O) groups excluding carboxylic acids is 1. The Hall–Kier alpha value is -2.53. The molecule has 2 atom stereocenters. The number of benzene rings is 2. The van der Waals surface area contributed by atoms with Crippen LogP contribution in [0.2, 0.25) is 0 Å². The van der Waals surface area contributed by atoms with Gasteiger partial charge in [0.1, 0.15) is 5.75 Å². The van der Waals surface area contributed by atoms with E-state index in [0.29, 0.717) is 0 Å². The first-order valence-electron chi connectivity index (χ1n) is 10.6. The Bertz CT molecular complexity index is 773. The molecule has 29 heavy (non-hydrogen) atoms. The molecule has 0 bridgehead atoms. The Kier molecular flexibility index (Phi) is 7.53. The minimum atomic E-state index is -0.134. The van der Waals surface area contributed by atoms with Crippen molar-refractivity contribution in [1.29, 1.82) is 0 Å². The summed E-state index contributed by atoms with van der Waals surface area (Å²) >= 11 is 0. The summed E-state index contributed by atoms with van der Waals surface area (Å²) in [6.07, 6.45) is 1.99. The quantitative estimate of drug-likeness (QED) is 0.737. The van der Waals surface area contributed by atoms with E-state index in [9.17, 15) is 4.79 Å². The molecule has 0 spiro atoms. The largest absolute Gasteiger partial charge is 0.497 e. The van der Waals surface area contributed by atoms with Gasteiger partial charge in [-0.2, -0.15) is 0 Å². The lowest BCUT2D eigenvalue weighted by Crippen LogP contribution is -2.54. The summed E-state index contributed by atoms with van der Waals surface area (Å²) < 4.78 is 5.34. The molecule has 2 aromatic rings. The number of carbonyl (C=O) groups is 1. The zero-order valence-electron chi connectivity index (χ0n) is 17.8. The van der Waals surface area contributed by atoms with Crippen molar-refractivity contribution in [2.24, 2.45) is 0 Å². The van der Waals surface area contributed by atoms with Crippen LogP contribution in [0.3, 0.4) is 0 Å². The van der Waals surface area contributed by atoms with E-state index < -0.39 is 0 Å². The van der Waals surface area contributed by atoms with Crippen molar-refractivity contribution in [2.45, 2.75) is 38.8 Å². The molecule has 1 amide bonds. The Labute approximate surface area is 174 Å². The molecule has 1 saturated heterocycles. The number of ether oxygens (including phenoxy) is 1. The molecule has 156 valence electrons. The lowest BCUT2D eigenvalue weighted by atomic mass is 10.0. The standard InChI is InChI=1S/C24H33N3O2/c1-4-9-23(20-10-6-5-7-11-20)25-24(28)19(2)26-14-16-27(17-15-26)21-12-8-13-22(18-21)29-3/h5-8,10-13,18-19,23H,4,9,14-17H2,1-3H3,(H,25,28)/t19-,23+/m1/s1. The van der Waals surface area contributed by atoms with Gasteiger partial charge in [0.2, 0.25) is 5.91 Å². The summed E-state index contributed by atoms with van der Waals surface area (Å²) in [5, 5.41) is 3.28. The third-order valence-corrected chi connectivity index (χ3v) is 5.76. The number of hydrogen-bond acceptors (Lipinski definition) is 4. The van der Waals surface area contributed by atoms with Crippen LogP contribution < -0.4 is 15.0 Å². The van der Waals surface area contributed by atoms with Crippen molar-refractivity contribution in [3.05, 3.63) is 60.2 Å². The van der Waals surface area contributed by atoms with Gasteiger partial charge in [0.15, 0.2) is 0 Å². The molecular formula is C24H33N3O2. The maximum Gasteiger partial charge on any atom is 0.237 e. The minimum Gasteiger partial charge on any atom is -0.497 e. The molecule has 0 unspecified atom stereocenters.